The second kappa shape index (κ2) is 5.95. The minimum absolute atomic E-state index is 0.00229. The first kappa shape index (κ1) is 16.1. The van der Waals surface area contributed by atoms with E-state index in [1.54, 1.807) is 7.11 Å². The number of methoxy groups -OCH3 is 1. The summed E-state index contributed by atoms with van der Waals surface area (Å²) in [5.74, 6) is 0.728. The molecule has 2 aromatic carbocycles. The van der Waals surface area contributed by atoms with Crippen LogP contribution < -0.4 is 4.74 Å². The zero-order chi connectivity index (χ0) is 18.5. The van der Waals surface area contributed by atoms with Crippen molar-refractivity contribution in [2.24, 2.45) is 0 Å². The molecule has 0 amide bonds. The summed E-state index contributed by atoms with van der Waals surface area (Å²) < 4.78 is 7.45. The third-order valence-electron chi connectivity index (χ3n) is 5.62. The first-order valence-corrected chi connectivity index (χ1v) is 9.24. The fraction of sp³-hybridized carbons (Fsp3) is 0.217. The molecule has 0 saturated carbocycles. The van der Waals surface area contributed by atoms with Gasteiger partial charge < -0.3 is 9.30 Å². The molecule has 27 heavy (non-hydrogen) atoms. The van der Waals surface area contributed by atoms with Gasteiger partial charge in [-0.15, -0.1) is 0 Å². The average Bonchev–Trinajstić information content (AvgIpc) is 3.17. The Bertz CT molecular complexity index is 1130. The maximum atomic E-state index is 13.1. The summed E-state index contributed by atoms with van der Waals surface area (Å²) in [6, 6.07) is 16.0. The van der Waals surface area contributed by atoms with E-state index >= 15 is 0 Å². The van der Waals surface area contributed by atoms with E-state index in [-0.39, 0.29) is 11.6 Å². The number of carbonyl (C=O) groups excluding carboxylic acids is 2. The molecule has 1 aromatic heterocycles. The van der Waals surface area contributed by atoms with Crippen LogP contribution in [-0.4, -0.2) is 23.2 Å². The fourth-order valence-electron chi connectivity index (χ4n) is 4.39. The average molecular weight is 357 g/mol. The van der Waals surface area contributed by atoms with Crippen molar-refractivity contribution in [2.75, 3.05) is 7.11 Å². The number of allylic oxidation sites excluding steroid dienone is 2. The van der Waals surface area contributed by atoms with Gasteiger partial charge in [-0.1, -0.05) is 30.3 Å². The van der Waals surface area contributed by atoms with Crippen molar-refractivity contribution in [3.8, 4) is 5.75 Å². The van der Waals surface area contributed by atoms with E-state index in [0.717, 1.165) is 46.3 Å². The molecular formula is C23H19NO3. The molecule has 0 atom stereocenters. The van der Waals surface area contributed by atoms with Crippen LogP contribution in [0.1, 0.15) is 40.9 Å². The molecule has 0 aliphatic heterocycles. The first-order valence-electron chi connectivity index (χ1n) is 9.24. The maximum Gasteiger partial charge on any atom is 0.199 e. The molecular weight excluding hydrogens is 338 g/mol. The van der Waals surface area contributed by atoms with Crippen LogP contribution in [0, 0.1) is 0 Å². The highest BCUT2D eigenvalue weighted by molar-refractivity contribution is 6.38. The van der Waals surface area contributed by atoms with Gasteiger partial charge in [-0.05, 0) is 42.2 Å². The summed E-state index contributed by atoms with van der Waals surface area (Å²) in [7, 11) is 1.65. The Kier molecular flexibility index (Phi) is 3.54. The Morgan fingerprint density at radius 3 is 2.56 bits per heavy atom. The van der Waals surface area contributed by atoms with Crippen LogP contribution in [0.25, 0.3) is 16.5 Å². The van der Waals surface area contributed by atoms with E-state index < -0.39 is 0 Å². The summed E-state index contributed by atoms with van der Waals surface area (Å²) in [5, 5.41) is 0.938. The van der Waals surface area contributed by atoms with E-state index in [2.05, 4.69) is 10.6 Å². The Morgan fingerprint density at radius 1 is 1.00 bits per heavy atom. The van der Waals surface area contributed by atoms with E-state index in [9.17, 15) is 9.59 Å². The Morgan fingerprint density at radius 2 is 1.78 bits per heavy atom. The lowest BCUT2D eigenvalue weighted by Gasteiger charge is -2.16. The summed E-state index contributed by atoms with van der Waals surface area (Å²) in [6.07, 6.45) is 2.08. The third kappa shape index (κ3) is 2.29. The molecule has 0 N–H and O–H groups in total. The van der Waals surface area contributed by atoms with Gasteiger partial charge in [0.25, 0.3) is 0 Å². The molecule has 2 aliphatic rings. The van der Waals surface area contributed by atoms with Gasteiger partial charge in [0.15, 0.2) is 11.6 Å². The number of Topliss-reactive ketones (excluding diaryl/α,β-unsaturated/α-hetero) is 2. The second-order valence-electron chi connectivity index (χ2n) is 7.13. The lowest BCUT2D eigenvalue weighted by Crippen LogP contribution is -2.14. The molecule has 5 rings (SSSR count). The van der Waals surface area contributed by atoms with Crippen molar-refractivity contribution >= 4 is 28.0 Å². The quantitative estimate of drug-likeness (QED) is 0.653. The number of hydrogen-bond donors (Lipinski definition) is 0. The monoisotopic (exact) mass is 357 g/mol. The second-order valence-corrected chi connectivity index (χ2v) is 7.13. The predicted molar refractivity (Wildman–Crippen MR) is 104 cm³/mol. The number of nitrogens with zero attached hydrogens (tertiary/aromatic N) is 1. The molecule has 0 fully saturated rings. The summed E-state index contributed by atoms with van der Waals surface area (Å²) in [5.41, 5.74) is 5.19. The van der Waals surface area contributed by atoms with Gasteiger partial charge >= 0.3 is 0 Å². The molecule has 0 radical (unpaired) electrons. The van der Waals surface area contributed by atoms with E-state index in [1.165, 1.54) is 0 Å². The molecule has 3 aromatic rings. The minimum atomic E-state index is -0.0885. The summed E-state index contributed by atoms with van der Waals surface area (Å²) >= 11 is 0. The smallest absolute Gasteiger partial charge is 0.199 e. The number of carbonyl (C=O) groups is 2. The number of rotatable bonds is 3. The van der Waals surface area contributed by atoms with Crippen LogP contribution in [0.3, 0.4) is 0 Å². The first-order chi connectivity index (χ1) is 13.2. The summed E-state index contributed by atoms with van der Waals surface area (Å²) in [4.78, 5) is 25.5. The number of ketones is 2. The van der Waals surface area contributed by atoms with E-state index in [4.69, 9.17) is 4.74 Å². The molecule has 134 valence electrons. The van der Waals surface area contributed by atoms with Gasteiger partial charge in [-0.2, -0.15) is 0 Å². The zero-order valence-corrected chi connectivity index (χ0v) is 15.1. The van der Waals surface area contributed by atoms with Gasteiger partial charge in [0.2, 0.25) is 0 Å². The normalized spacial score (nSPS) is 16.0. The molecule has 0 saturated heterocycles. The van der Waals surface area contributed by atoms with Gasteiger partial charge in [0.1, 0.15) is 5.75 Å². The van der Waals surface area contributed by atoms with Crippen molar-refractivity contribution in [2.45, 2.75) is 25.8 Å². The Balaban J connectivity index is 1.72. The number of fused-ring (bicyclic) bond motifs is 4. The molecule has 4 heteroatoms. The third-order valence-corrected chi connectivity index (χ3v) is 5.62. The largest absolute Gasteiger partial charge is 0.497 e. The lowest BCUT2D eigenvalue weighted by atomic mass is 9.91. The van der Waals surface area contributed by atoms with Crippen molar-refractivity contribution in [1.29, 1.82) is 0 Å². The molecule has 4 nitrogen and oxygen atoms in total. The van der Waals surface area contributed by atoms with E-state index in [1.807, 2.05) is 42.5 Å². The molecule has 0 unspecified atom stereocenters. The SMILES string of the molecule is COc1ccc(Cn2c3c(c4ccccc42)C(=O)C2=C3CCCC2=O)cc1. The van der Waals surface area contributed by atoms with E-state index in [0.29, 0.717) is 24.1 Å². The highest BCUT2D eigenvalue weighted by atomic mass is 16.5. The standard InChI is InChI=1S/C23H19NO3/c1-27-15-11-9-14(10-12-15)13-24-18-7-3-2-5-16(18)21-22(24)17-6-4-8-19(25)20(17)23(21)26/h2-3,5,7,9-12H,4,6,8,13H2,1H3. The Labute approximate surface area is 157 Å². The lowest BCUT2D eigenvalue weighted by molar-refractivity contribution is -0.115. The predicted octanol–water partition coefficient (Wildman–Crippen LogP) is 4.40. The van der Waals surface area contributed by atoms with Crippen molar-refractivity contribution in [1.82, 2.24) is 4.57 Å². The van der Waals surface area contributed by atoms with Gasteiger partial charge in [0.05, 0.1) is 23.9 Å². The highest BCUT2D eigenvalue weighted by Crippen LogP contribution is 2.44. The molecule has 1 heterocycles. The summed E-state index contributed by atoms with van der Waals surface area (Å²) in [6.45, 7) is 0.651. The molecule has 2 aliphatic carbocycles. The van der Waals surface area contributed by atoms with Crippen LogP contribution in [-0.2, 0) is 11.3 Å². The number of aromatic nitrogens is 1. The Hall–Kier alpha value is -3.14. The van der Waals surface area contributed by atoms with Crippen molar-refractivity contribution in [3.05, 3.63) is 70.9 Å². The maximum absolute atomic E-state index is 13.1. The number of hydrogen-bond acceptors (Lipinski definition) is 3. The van der Waals surface area contributed by atoms with Gasteiger partial charge in [0, 0.05) is 23.9 Å². The van der Waals surface area contributed by atoms with Crippen molar-refractivity contribution in [3.63, 3.8) is 0 Å². The van der Waals surface area contributed by atoms with Crippen molar-refractivity contribution < 1.29 is 14.3 Å². The number of benzene rings is 2. The van der Waals surface area contributed by atoms with Gasteiger partial charge in [-0.3, -0.25) is 9.59 Å². The fourth-order valence-corrected chi connectivity index (χ4v) is 4.39. The zero-order valence-electron chi connectivity index (χ0n) is 15.1. The van der Waals surface area contributed by atoms with Gasteiger partial charge in [-0.25, -0.2) is 0 Å². The molecule has 0 bridgehead atoms. The molecule has 0 spiro atoms. The van der Waals surface area contributed by atoms with Crippen LogP contribution in [0.5, 0.6) is 5.75 Å². The highest BCUT2D eigenvalue weighted by Gasteiger charge is 2.39. The van der Waals surface area contributed by atoms with Crippen LogP contribution in [0.15, 0.2) is 54.1 Å². The topological polar surface area (TPSA) is 48.3 Å². The minimum Gasteiger partial charge on any atom is -0.497 e. The van der Waals surface area contributed by atoms with Crippen LogP contribution >= 0.6 is 0 Å². The van der Waals surface area contributed by atoms with Crippen LogP contribution in [0.4, 0.5) is 0 Å². The van der Waals surface area contributed by atoms with Crippen LogP contribution in [0.2, 0.25) is 0 Å². The number of para-hydroxylation sites is 1. The number of ether oxygens (including phenoxy) is 1.